The molecule has 0 amide bonds. The van der Waals surface area contributed by atoms with Crippen LogP contribution < -0.4 is 5.32 Å². The predicted octanol–water partition coefficient (Wildman–Crippen LogP) is 0.852. The molecular weight excluding hydrogens is 154 g/mol. The Kier molecular flexibility index (Phi) is 2.36. The van der Waals surface area contributed by atoms with Gasteiger partial charge in [-0.05, 0) is 24.7 Å². The van der Waals surface area contributed by atoms with Gasteiger partial charge in [-0.25, -0.2) is 0 Å². The summed E-state index contributed by atoms with van der Waals surface area (Å²) in [7, 11) is 1.60. The number of aldehydes is 1. The molecule has 2 N–H and O–H groups in total. The van der Waals surface area contributed by atoms with E-state index in [1.54, 1.807) is 19.2 Å². The first-order chi connectivity index (χ1) is 6.15. The number of likely N-dealkylation sites (N-methyl/N-ethyl adjacent to an activating group) is 1. The van der Waals surface area contributed by atoms with Gasteiger partial charge in [0.25, 0.3) is 0 Å². The number of carbonyl (C=O) groups is 1. The number of phenolic OH excluding ortho intramolecular Hbond substituents is 1. The fourth-order valence-electron chi connectivity index (χ4n) is 0.998. The Morgan fingerprint density at radius 1 is 1.75 bits per heavy atom. The number of benzene rings is 1. The highest BCUT2D eigenvalue weighted by Crippen LogP contribution is 2.16. The molecule has 0 aliphatic heterocycles. The van der Waals surface area contributed by atoms with E-state index in [0.29, 0.717) is 5.56 Å². The number of hydrogen-bond donors (Lipinski definition) is 2. The van der Waals surface area contributed by atoms with Crippen molar-refractivity contribution in [3.63, 3.8) is 0 Å². The molecule has 1 aromatic carbocycles. The van der Waals surface area contributed by atoms with Gasteiger partial charge in [0, 0.05) is 0 Å². The minimum atomic E-state index is -0.715. The highest BCUT2D eigenvalue weighted by atomic mass is 16.3. The molecule has 1 atom stereocenters. The summed E-state index contributed by atoms with van der Waals surface area (Å²) < 4.78 is 6.96. The number of aromatic hydroxyl groups is 1. The van der Waals surface area contributed by atoms with Crippen LogP contribution in [0.3, 0.4) is 0 Å². The lowest BCUT2D eigenvalue weighted by Gasteiger charge is -2.08. The molecule has 0 saturated heterocycles. The molecule has 0 aromatic heterocycles. The van der Waals surface area contributed by atoms with Crippen LogP contribution in [0.25, 0.3) is 0 Å². The number of rotatable bonds is 3. The standard InChI is InChI=1S/C9H11NO2/c1-10-9(6-11)7-3-2-4-8(12)5-7/h2-6,9-10,12H,1H3/i6D. The summed E-state index contributed by atoms with van der Waals surface area (Å²) >= 11 is 0. The van der Waals surface area contributed by atoms with E-state index in [-0.39, 0.29) is 5.75 Å². The van der Waals surface area contributed by atoms with Gasteiger partial charge in [0.05, 0.1) is 6.04 Å². The zero-order chi connectivity index (χ0) is 9.84. The van der Waals surface area contributed by atoms with Gasteiger partial charge >= 0.3 is 0 Å². The monoisotopic (exact) mass is 166 g/mol. The van der Waals surface area contributed by atoms with Crippen molar-refractivity contribution in [1.82, 2.24) is 5.32 Å². The Labute approximate surface area is 72.4 Å². The van der Waals surface area contributed by atoms with E-state index in [2.05, 4.69) is 5.32 Å². The maximum atomic E-state index is 10.8. The van der Waals surface area contributed by atoms with Gasteiger partial charge in [-0.2, -0.15) is 0 Å². The lowest BCUT2D eigenvalue weighted by atomic mass is 10.1. The Morgan fingerprint density at radius 2 is 2.50 bits per heavy atom. The fourth-order valence-corrected chi connectivity index (χ4v) is 0.998. The third kappa shape index (κ3) is 1.83. The molecule has 1 aromatic rings. The third-order valence-electron chi connectivity index (χ3n) is 1.61. The molecule has 0 aliphatic carbocycles. The number of carbonyl (C=O) groups excluding carboxylic acids is 1. The minimum Gasteiger partial charge on any atom is -0.508 e. The van der Waals surface area contributed by atoms with Gasteiger partial charge in [0.1, 0.15) is 13.4 Å². The van der Waals surface area contributed by atoms with E-state index < -0.39 is 12.3 Å². The SMILES string of the molecule is [2H]C(=O)C(NC)c1cccc(O)c1. The van der Waals surface area contributed by atoms with Crippen LogP contribution in [0.5, 0.6) is 5.75 Å². The van der Waals surface area contributed by atoms with E-state index in [9.17, 15) is 4.79 Å². The summed E-state index contributed by atoms with van der Waals surface area (Å²) in [5, 5.41) is 11.8. The summed E-state index contributed by atoms with van der Waals surface area (Å²) in [5.41, 5.74) is 0.600. The topological polar surface area (TPSA) is 49.3 Å². The van der Waals surface area contributed by atoms with E-state index in [1.807, 2.05) is 0 Å². The van der Waals surface area contributed by atoms with Crippen molar-refractivity contribution in [3.8, 4) is 5.75 Å². The lowest BCUT2D eigenvalue weighted by Crippen LogP contribution is -2.17. The van der Waals surface area contributed by atoms with Crippen LogP contribution >= 0.6 is 0 Å². The number of nitrogens with one attached hydrogen (secondary N) is 1. The summed E-state index contributed by atoms with van der Waals surface area (Å²) in [6.07, 6.45) is -0.715. The van der Waals surface area contributed by atoms with Crippen LogP contribution in [0.4, 0.5) is 0 Å². The van der Waals surface area contributed by atoms with Crippen molar-refractivity contribution in [2.24, 2.45) is 0 Å². The lowest BCUT2D eigenvalue weighted by molar-refractivity contribution is -0.109. The first-order valence-electron chi connectivity index (χ1n) is 4.12. The predicted molar refractivity (Wildman–Crippen MR) is 46.0 cm³/mol. The van der Waals surface area contributed by atoms with Crippen molar-refractivity contribution in [1.29, 1.82) is 0 Å². The van der Waals surface area contributed by atoms with Gasteiger partial charge in [-0.15, -0.1) is 0 Å². The molecule has 3 nitrogen and oxygen atoms in total. The second-order valence-corrected chi connectivity index (χ2v) is 2.43. The van der Waals surface area contributed by atoms with Gasteiger partial charge in [-0.3, -0.25) is 0 Å². The van der Waals surface area contributed by atoms with Crippen LogP contribution in [-0.2, 0) is 4.79 Å². The van der Waals surface area contributed by atoms with Gasteiger partial charge in [-0.1, -0.05) is 12.1 Å². The van der Waals surface area contributed by atoms with Gasteiger partial charge in [0.15, 0.2) is 0 Å². The molecule has 12 heavy (non-hydrogen) atoms. The first-order valence-corrected chi connectivity index (χ1v) is 3.62. The van der Waals surface area contributed by atoms with Crippen LogP contribution in [0.15, 0.2) is 24.3 Å². The van der Waals surface area contributed by atoms with Crippen LogP contribution in [-0.4, -0.2) is 18.4 Å². The number of hydrogen-bond acceptors (Lipinski definition) is 3. The molecule has 0 bridgehead atoms. The molecule has 0 spiro atoms. The average molecular weight is 166 g/mol. The normalized spacial score (nSPS) is 13.6. The molecule has 0 saturated carbocycles. The van der Waals surface area contributed by atoms with Crippen LogP contribution in [0.1, 0.15) is 13.0 Å². The van der Waals surface area contributed by atoms with E-state index in [4.69, 9.17) is 6.48 Å². The van der Waals surface area contributed by atoms with E-state index >= 15 is 0 Å². The molecule has 0 aliphatic rings. The van der Waals surface area contributed by atoms with Crippen LogP contribution in [0.2, 0.25) is 0 Å². The molecule has 0 fully saturated rings. The molecule has 1 unspecified atom stereocenters. The largest absolute Gasteiger partial charge is 0.508 e. The van der Waals surface area contributed by atoms with E-state index in [1.165, 1.54) is 12.1 Å². The smallest absolute Gasteiger partial charge is 0.141 e. The summed E-state index contributed by atoms with van der Waals surface area (Å²) in [6.45, 7) is 0. The zero-order valence-electron chi connectivity index (χ0n) is 7.74. The maximum absolute atomic E-state index is 10.8. The average Bonchev–Trinajstić information content (AvgIpc) is 2.04. The molecular formula is C9H11NO2. The number of phenols is 1. The van der Waals surface area contributed by atoms with Gasteiger partial charge in [0.2, 0.25) is 0 Å². The quantitative estimate of drug-likeness (QED) is 0.654. The van der Waals surface area contributed by atoms with Gasteiger partial charge < -0.3 is 15.2 Å². The van der Waals surface area contributed by atoms with Crippen LogP contribution in [0, 0.1) is 0 Å². The maximum Gasteiger partial charge on any atom is 0.141 e. The third-order valence-corrected chi connectivity index (χ3v) is 1.61. The Bertz CT molecular complexity index is 314. The van der Waals surface area contributed by atoms with Crippen molar-refractivity contribution in [3.05, 3.63) is 29.8 Å². The summed E-state index contributed by atoms with van der Waals surface area (Å²) in [4.78, 5) is 10.8. The van der Waals surface area contributed by atoms with Crippen molar-refractivity contribution in [2.75, 3.05) is 7.05 Å². The van der Waals surface area contributed by atoms with E-state index in [0.717, 1.165) is 0 Å². The van der Waals surface area contributed by atoms with Crippen molar-refractivity contribution in [2.45, 2.75) is 6.04 Å². The summed E-state index contributed by atoms with van der Waals surface area (Å²) in [6, 6.07) is 5.65. The molecule has 0 radical (unpaired) electrons. The molecule has 1 rings (SSSR count). The Balaban J connectivity index is 2.98. The molecule has 64 valence electrons. The fraction of sp³-hybridized carbons (Fsp3) is 0.222. The second-order valence-electron chi connectivity index (χ2n) is 2.43. The minimum absolute atomic E-state index is 0.0963. The first kappa shape index (κ1) is 7.31. The van der Waals surface area contributed by atoms with Crippen molar-refractivity contribution < 1.29 is 11.3 Å². The van der Waals surface area contributed by atoms with Crippen molar-refractivity contribution >= 4 is 6.26 Å². The molecule has 0 heterocycles. The molecule has 3 heteroatoms. The Morgan fingerprint density at radius 3 is 3.00 bits per heavy atom. The summed E-state index contributed by atoms with van der Waals surface area (Å²) in [5.74, 6) is 0.0963. The Hall–Kier alpha value is -1.35. The highest BCUT2D eigenvalue weighted by Gasteiger charge is 2.06. The highest BCUT2D eigenvalue weighted by molar-refractivity contribution is 5.61. The second kappa shape index (κ2) is 3.88. The zero-order valence-corrected chi connectivity index (χ0v) is 6.74.